The van der Waals surface area contributed by atoms with Crippen LogP contribution in [0.25, 0.3) is 0 Å². The quantitative estimate of drug-likeness (QED) is 0.890. The summed E-state index contributed by atoms with van der Waals surface area (Å²) in [6, 6.07) is 10.7. The zero-order chi connectivity index (χ0) is 13.8. The molecule has 1 aromatic carbocycles. The van der Waals surface area contributed by atoms with E-state index in [9.17, 15) is 0 Å². The van der Waals surface area contributed by atoms with Crippen molar-refractivity contribution in [3.8, 4) is 0 Å². The van der Waals surface area contributed by atoms with Crippen LogP contribution < -0.4 is 0 Å². The van der Waals surface area contributed by atoms with Gasteiger partial charge in [-0.3, -0.25) is 0 Å². The van der Waals surface area contributed by atoms with Crippen molar-refractivity contribution >= 4 is 0 Å². The van der Waals surface area contributed by atoms with Gasteiger partial charge in [0.1, 0.15) is 5.82 Å². The summed E-state index contributed by atoms with van der Waals surface area (Å²) >= 11 is 0. The lowest BCUT2D eigenvalue weighted by Gasteiger charge is -2.35. The fourth-order valence-corrected chi connectivity index (χ4v) is 2.96. The van der Waals surface area contributed by atoms with E-state index in [0.29, 0.717) is 5.92 Å². The number of nitrogens with zero attached hydrogens (tertiary/aromatic N) is 1. The second-order valence-electron chi connectivity index (χ2n) is 5.76. The molecule has 0 radical (unpaired) electrons. The zero-order valence-corrected chi connectivity index (χ0v) is 11.8. The molecule has 3 rings (SSSR count). The molecular formula is C18H20N2. The summed E-state index contributed by atoms with van der Waals surface area (Å²) in [4.78, 5) is 7.59. The normalized spacial score (nSPS) is 24.9. The molecule has 0 saturated heterocycles. The molecule has 1 aliphatic carbocycles. The van der Waals surface area contributed by atoms with Gasteiger partial charge < -0.3 is 4.98 Å². The van der Waals surface area contributed by atoms with E-state index >= 15 is 0 Å². The maximum absolute atomic E-state index is 4.37. The first-order valence-corrected chi connectivity index (χ1v) is 7.14. The van der Waals surface area contributed by atoms with Crippen LogP contribution in [0, 0.1) is 11.3 Å². The van der Waals surface area contributed by atoms with Crippen molar-refractivity contribution in [1.29, 1.82) is 0 Å². The van der Waals surface area contributed by atoms with Gasteiger partial charge in [-0.15, -0.1) is 0 Å². The Kier molecular flexibility index (Phi) is 3.55. The Balaban J connectivity index is 1.81. The predicted octanol–water partition coefficient (Wildman–Crippen LogP) is 3.94. The molecule has 20 heavy (non-hydrogen) atoms. The fraction of sp³-hybridized carbons (Fsp3) is 0.278. The number of nitrogens with one attached hydrogen (secondary N) is 1. The number of aromatic amines is 1. The summed E-state index contributed by atoms with van der Waals surface area (Å²) in [5.74, 6) is 1.54. The van der Waals surface area contributed by atoms with Gasteiger partial charge in [-0.1, -0.05) is 61.6 Å². The molecule has 0 bridgehead atoms. The Morgan fingerprint density at radius 3 is 2.80 bits per heavy atom. The second-order valence-corrected chi connectivity index (χ2v) is 5.76. The topological polar surface area (TPSA) is 28.7 Å². The summed E-state index contributed by atoms with van der Waals surface area (Å²) in [5, 5.41) is 0. The largest absolute Gasteiger partial charge is 0.349 e. The molecule has 2 unspecified atom stereocenters. The van der Waals surface area contributed by atoms with Gasteiger partial charge in [0.25, 0.3) is 0 Å². The Morgan fingerprint density at radius 1 is 1.20 bits per heavy atom. The molecule has 1 aliphatic rings. The van der Waals surface area contributed by atoms with Crippen molar-refractivity contribution in [2.75, 3.05) is 0 Å². The number of hydrogen-bond acceptors (Lipinski definition) is 1. The van der Waals surface area contributed by atoms with Crippen LogP contribution in [0.15, 0.2) is 67.0 Å². The van der Waals surface area contributed by atoms with Crippen LogP contribution in [0.5, 0.6) is 0 Å². The van der Waals surface area contributed by atoms with E-state index in [-0.39, 0.29) is 5.41 Å². The molecule has 1 aromatic heterocycles. The molecule has 0 spiro atoms. The van der Waals surface area contributed by atoms with E-state index < -0.39 is 0 Å². The lowest BCUT2D eigenvalue weighted by molar-refractivity contribution is 0.296. The van der Waals surface area contributed by atoms with E-state index in [4.69, 9.17) is 0 Å². The molecule has 0 saturated carbocycles. The highest BCUT2D eigenvalue weighted by atomic mass is 14.9. The Bertz CT molecular complexity index is 596. The van der Waals surface area contributed by atoms with E-state index in [0.717, 1.165) is 18.7 Å². The van der Waals surface area contributed by atoms with E-state index in [1.807, 2.05) is 12.4 Å². The van der Waals surface area contributed by atoms with Gasteiger partial charge in [0, 0.05) is 18.8 Å². The van der Waals surface area contributed by atoms with E-state index in [1.165, 1.54) is 5.56 Å². The standard InChI is InChI=1S/C18H20N2/c1-18(14-15-7-3-2-4-8-15)10-6-5-9-16(18)13-17-19-11-12-20-17/h2-12,16H,13-14H2,1H3,(H,19,20). The van der Waals surface area contributed by atoms with E-state index in [2.05, 4.69) is 71.5 Å². The van der Waals surface area contributed by atoms with Crippen LogP contribution in [0.3, 0.4) is 0 Å². The van der Waals surface area contributed by atoms with E-state index in [1.54, 1.807) is 0 Å². The first kappa shape index (κ1) is 12.9. The molecule has 102 valence electrons. The van der Waals surface area contributed by atoms with Gasteiger partial charge in [0.15, 0.2) is 0 Å². The van der Waals surface area contributed by atoms with Crippen molar-refractivity contribution in [2.45, 2.75) is 19.8 Å². The number of H-pyrrole nitrogens is 1. The number of imidazole rings is 1. The zero-order valence-electron chi connectivity index (χ0n) is 11.8. The van der Waals surface area contributed by atoms with Crippen molar-refractivity contribution in [3.63, 3.8) is 0 Å². The van der Waals surface area contributed by atoms with Gasteiger partial charge in [-0.25, -0.2) is 4.98 Å². The summed E-state index contributed by atoms with van der Waals surface area (Å²) in [7, 11) is 0. The summed E-state index contributed by atoms with van der Waals surface area (Å²) in [5.41, 5.74) is 1.53. The maximum atomic E-state index is 4.37. The third-order valence-electron chi connectivity index (χ3n) is 4.17. The van der Waals surface area contributed by atoms with Gasteiger partial charge >= 0.3 is 0 Å². The number of allylic oxidation sites excluding steroid dienone is 4. The lowest BCUT2D eigenvalue weighted by Crippen LogP contribution is -2.30. The molecule has 0 fully saturated rings. The summed E-state index contributed by atoms with van der Waals surface area (Å²) in [6.07, 6.45) is 14.7. The predicted molar refractivity (Wildman–Crippen MR) is 82.3 cm³/mol. The molecule has 0 amide bonds. The average molecular weight is 264 g/mol. The Labute approximate surface area is 120 Å². The molecular weight excluding hydrogens is 244 g/mol. The summed E-state index contributed by atoms with van der Waals surface area (Å²) in [6.45, 7) is 2.34. The highest BCUT2D eigenvalue weighted by molar-refractivity contribution is 5.25. The molecule has 2 atom stereocenters. The molecule has 2 heteroatoms. The maximum Gasteiger partial charge on any atom is 0.106 e. The van der Waals surface area contributed by atoms with Gasteiger partial charge in [0.05, 0.1) is 0 Å². The SMILES string of the molecule is CC1(Cc2ccccc2)C=CC=CC1Cc1ncc[nH]1. The number of hydrogen-bond donors (Lipinski definition) is 1. The average Bonchev–Trinajstić information content (AvgIpc) is 2.96. The highest BCUT2D eigenvalue weighted by Gasteiger charge is 2.32. The second kappa shape index (κ2) is 5.49. The van der Waals surface area contributed by atoms with Crippen LogP contribution in [-0.4, -0.2) is 9.97 Å². The van der Waals surface area contributed by atoms with Gasteiger partial charge in [-0.2, -0.15) is 0 Å². The number of aromatic nitrogens is 2. The molecule has 2 nitrogen and oxygen atoms in total. The monoisotopic (exact) mass is 264 g/mol. The third kappa shape index (κ3) is 2.74. The minimum absolute atomic E-state index is 0.142. The smallest absolute Gasteiger partial charge is 0.106 e. The molecule has 2 aromatic rings. The summed E-state index contributed by atoms with van der Waals surface area (Å²) < 4.78 is 0. The number of rotatable bonds is 4. The van der Waals surface area contributed by atoms with Crippen molar-refractivity contribution in [3.05, 3.63) is 78.4 Å². The van der Waals surface area contributed by atoms with Crippen molar-refractivity contribution in [1.82, 2.24) is 9.97 Å². The third-order valence-corrected chi connectivity index (χ3v) is 4.17. The van der Waals surface area contributed by atoms with Gasteiger partial charge in [0.2, 0.25) is 0 Å². The van der Waals surface area contributed by atoms with Crippen LogP contribution in [-0.2, 0) is 12.8 Å². The first-order chi connectivity index (χ1) is 9.76. The van der Waals surface area contributed by atoms with Crippen LogP contribution in [0.1, 0.15) is 18.3 Å². The molecule has 1 N–H and O–H groups in total. The first-order valence-electron chi connectivity index (χ1n) is 7.14. The Hall–Kier alpha value is -2.09. The fourth-order valence-electron chi connectivity index (χ4n) is 2.96. The van der Waals surface area contributed by atoms with Crippen LogP contribution in [0.2, 0.25) is 0 Å². The van der Waals surface area contributed by atoms with Gasteiger partial charge in [-0.05, 0) is 23.3 Å². The van der Waals surface area contributed by atoms with Crippen molar-refractivity contribution in [2.24, 2.45) is 11.3 Å². The Morgan fingerprint density at radius 2 is 2.05 bits per heavy atom. The highest BCUT2D eigenvalue weighted by Crippen LogP contribution is 2.38. The lowest BCUT2D eigenvalue weighted by atomic mass is 9.69. The minimum atomic E-state index is 0.142. The van der Waals surface area contributed by atoms with Crippen LogP contribution in [0.4, 0.5) is 0 Å². The van der Waals surface area contributed by atoms with Crippen molar-refractivity contribution < 1.29 is 0 Å². The molecule has 1 heterocycles. The minimum Gasteiger partial charge on any atom is -0.349 e. The van der Waals surface area contributed by atoms with Crippen LogP contribution >= 0.6 is 0 Å². The molecule has 0 aliphatic heterocycles. The number of benzene rings is 1.